The predicted octanol–water partition coefficient (Wildman–Crippen LogP) is 2.38. The summed E-state index contributed by atoms with van der Waals surface area (Å²) in [7, 11) is 0. The average Bonchev–Trinajstić information content (AvgIpc) is 2.45. The molecule has 5 heteroatoms. The summed E-state index contributed by atoms with van der Waals surface area (Å²) in [6.45, 7) is 8.23. The van der Waals surface area contributed by atoms with Gasteiger partial charge in [-0.05, 0) is 26.3 Å². The van der Waals surface area contributed by atoms with Gasteiger partial charge in [0.2, 0.25) is 0 Å². The molecule has 3 nitrogen and oxygen atoms in total. The quantitative estimate of drug-likeness (QED) is 0.926. The summed E-state index contributed by atoms with van der Waals surface area (Å²) in [4.78, 5) is 2.17. The van der Waals surface area contributed by atoms with E-state index in [1.54, 1.807) is 19.1 Å². The third-order valence-electron chi connectivity index (χ3n) is 4.23. The lowest BCUT2D eigenvalue weighted by Gasteiger charge is -2.44. The fraction of sp³-hybridized carbons (Fsp3) is 0.600. The number of hydrogen-bond donors (Lipinski definition) is 1. The molecule has 1 saturated heterocycles. The van der Waals surface area contributed by atoms with E-state index in [0.717, 1.165) is 13.1 Å². The fourth-order valence-electron chi connectivity index (χ4n) is 2.62. The summed E-state index contributed by atoms with van der Waals surface area (Å²) < 4.78 is 33.2. The van der Waals surface area contributed by atoms with Crippen LogP contribution in [0, 0.1) is 18.6 Å². The molecule has 1 aliphatic rings. The van der Waals surface area contributed by atoms with E-state index in [-0.39, 0.29) is 5.56 Å². The van der Waals surface area contributed by atoms with Crippen LogP contribution in [-0.2, 0) is 4.74 Å². The maximum atomic E-state index is 14.1. The van der Waals surface area contributed by atoms with Crippen molar-refractivity contribution in [3.63, 3.8) is 0 Å². The fourth-order valence-corrected chi connectivity index (χ4v) is 2.62. The maximum Gasteiger partial charge on any atom is 0.163 e. The van der Waals surface area contributed by atoms with Crippen LogP contribution in [-0.4, -0.2) is 36.7 Å². The molecule has 2 rings (SSSR count). The minimum atomic E-state index is -0.834. The minimum absolute atomic E-state index is 0.226. The second-order valence-corrected chi connectivity index (χ2v) is 5.83. The summed E-state index contributed by atoms with van der Waals surface area (Å²) >= 11 is 0. The van der Waals surface area contributed by atoms with Gasteiger partial charge in [-0.25, -0.2) is 8.78 Å². The number of rotatable bonds is 3. The highest BCUT2D eigenvalue weighted by Gasteiger charge is 2.36. The Bertz CT molecular complexity index is 485. The molecule has 1 aliphatic heterocycles. The molecule has 0 amide bonds. The number of aryl methyl sites for hydroxylation is 1. The van der Waals surface area contributed by atoms with E-state index in [1.165, 1.54) is 0 Å². The lowest BCUT2D eigenvalue weighted by Crippen LogP contribution is -2.55. The van der Waals surface area contributed by atoms with Crippen molar-refractivity contribution >= 4 is 0 Å². The molecule has 2 N–H and O–H groups in total. The Morgan fingerprint density at radius 1 is 1.20 bits per heavy atom. The van der Waals surface area contributed by atoms with Crippen molar-refractivity contribution in [1.82, 2.24) is 4.90 Å². The van der Waals surface area contributed by atoms with Crippen molar-refractivity contribution in [2.45, 2.75) is 32.4 Å². The number of nitrogens with zero attached hydrogens (tertiary/aromatic N) is 1. The first-order chi connectivity index (χ1) is 9.35. The number of ether oxygens (including phenoxy) is 1. The number of halogens is 2. The van der Waals surface area contributed by atoms with Crippen LogP contribution < -0.4 is 5.73 Å². The van der Waals surface area contributed by atoms with E-state index in [2.05, 4.69) is 4.90 Å². The van der Waals surface area contributed by atoms with Gasteiger partial charge in [0.25, 0.3) is 0 Å². The number of hydrogen-bond acceptors (Lipinski definition) is 3. The zero-order valence-electron chi connectivity index (χ0n) is 12.2. The first kappa shape index (κ1) is 15.4. The molecular formula is C15H22F2N2O. The van der Waals surface area contributed by atoms with E-state index in [4.69, 9.17) is 10.5 Å². The molecule has 0 radical (unpaired) electrons. The first-order valence-corrected chi connectivity index (χ1v) is 6.88. The van der Waals surface area contributed by atoms with Crippen LogP contribution >= 0.6 is 0 Å². The molecule has 112 valence electrons. The van der Waals surface area contributed by atoms with Crippen LogP contribution in [0.5, 0.6) is 0 Å². The largest absolute Gasteiger partial charge is 0.379 e. The van der Waals surface area contributed by atoms with Gasteiger partial charge in [-0.3, -0.25) is 4.90 Å². The summed E-state index contributed by atoms with van der Waals surface area (Å²) in [6, 6.07) is 2.56. The van der Waals surface area contributed by atoms with Crippen molar-refractivity contribution in [3.05, 3.63) is 34.9 Å². The molecule has 0 aliphatic carbocycles. The highest BCUT2D eigenvalue weighted by molar-refractivity contribution is 5.29. The Hall–Kier alpha value is -1.04. The van der Waals surface area contributed by atoms with E-state index in [1.807, 2.05) is 13.8 Å². The van der Waals surface area contributed by atoms with Crippen LogP contribution in [0.25, 0.3) is 0 Å². The molecule has 1 aromatic rings. The predicted molar refractivity (Wildman–Crippen MR) is 74.5 cm³/mol. The molecule has 1 fully saturated rings. The minimum Gasteiger partial charge on any atom is -0.379 e. The molecule has 1 atom stereocenters. The highest BCUT2D eigenvalue weighted by Crippen LogP contribution is 2.32. The Labute approximate surface area is 118 Å². The van der Waals surface area contributed by atoms with Crippen molar-refractivity contribution in [2.75, 3.05) is 26.3 Å². The molecule has 0 bridgehead atoms. The SMILES string of the molecule is Cc1ccc(C(N)C(C)(C)N2CCOCC2)c(F)c1F. The van der Waals surface area contributed by atoms with Gasteiger partial charge in [0.15, 0.2) is 11.6 Å². The summed E-state index contributed by atoms with van der Waals surface area (Å²) in [5, 5.41) is 0. The number of morpholine rings is 1. The van der Waals surface area contributed by atoms with Crippen molar-refractivity contribution in [3.8, 4) is 0 Å². The van der Waals surface area contributed by atoms with Crippen LogP contribution in [0.1, 0.15) is 31.0 Å². The second-order valence-electron chi connectivity index (χ2n) is 5.83. The van der Waals surface area contributed by atoms with Crippen molar-refractivity contribution in [1.29, 1.82) is 0 Å². The molecule has 1 aromatic carbocycles. The van der Waals surface area contributed by atoms with E-state index < -0.39 is 23.2 Å². The second kappa shape index (κ2) is 5.76. The summed E-state index contributed by atoms with van der Waals surface area (Å²) in [6.07, 6.45) is 0. The van der Waals surface area contributed by atoms with Gasteiger partial charge >= 0.3 is 0 Å². The van der Waals surface area contributed by atoms with Crippen LogP contribution in [0.4, 0.5) is 8.78 Å². The van der Waals surface area contributed by atoms with Gasteiger partial charge in [-0.15, -0.1) is 0 Å². The number of nitrogens with two attached hydrogens (primary N) is 1. The lowest BCUT2D eigenvalue weighted by atomic mass is 9.86. The smallest absolute Gasteiger partial charge is 0.163 e. The Balaban J connectivity index is 2.29. The molecule has 0 spiro atoms. The van der Waals surface area contributed by atoms with Crippen molar-refractivity contribution in [2.24, 2.45) is 5.73 Å². The topological polar surface area (TPSA) is 38.5 Å². The van der Waals surface area contributed by atoms with Gasteiger partial charge < -0.3 is 10.5 Å². The summed E-state index contributed by atoms with van der Waals surface area (Å²) in [5.41, 5.74) is 6.29. The van der Waals surface area contributed by atoms with E-state index in [9.17, 15) is 8.78 Å². The molecule has 0 aromatic heterocycles. The van der Waals surface area contributed by atoms with Crippen LogP contribution in [0.15, 0.2) is 12.1 Å². The standard InChI is InChI=1S/C15H22F2N2O/c1-10-4-5-11(13(17)12(10)16)14(18)15(2,3)19-6-8-20-9-7-19/h4-5,14H,6-9,18H2,1-3H3. The van der Waals surface area contributed by atoms with Gasteiger partial charge in [-0.1, -0.05) is 12.1 Å². The van der Waals surface area contributed by atoms with Gasteiger partial charge in [0.1, 0.15) is 0 Å². The molecule has 0 saturated carbocycles. The van der Waals surface area contributed by atoms with Crippen LogP contribution in [0.3, 0.4) is 0 Å². The monoisotopic (exact) mass is 284 g/mol. The average molecular weight is 284 g/mol. The number of benzene rings is 1. The zero-order chi connectivity index (χ0) is 14.9. The molecule has 1 unspecified atom stereocenters. The first-order valence-electron chi connectivity index (χ1n) is 6.88. The van der Waals surface area contributed by atoms with Crippen LogP contribution in [0.2, 0.25) is 0 Å². The normalized spacial score (nSPS) is 19.1. The third-order valence-corrected chi connectivity index (χ3v) is 4.23. The maximum absolute atomic E-state index is 14.1. The molecular weight excluding hydrogens is 262 g/mol. The zero-order valence-corrected chi connectivity index (χ0v) is 12.2. The van der Waals surface area contributed by atoms with Gasteiger partial charge in [-0.2, -0.15) is 0 Å². The van der Waals surface area contributed by atoms with E-state index >= 15 is 0 Å². The molecule has 1 heterocycles. The van der Waals surface area contributed by atoms with E-state index in [0.29, 0.717) is 18.8 Å². The third kappa shape index (κ3) is 2.71. The Morgan fingerprint density at radius 3 is 2.40 bits per heavy atom. The lowest BCUT2D eigenvalue weighted by molar-refractivity contribution is -0.0194. The Kier molecular flexibility index (Phi) is 4.42. The van der Waals surface area contributed by atoms with Crippen molar-refractivity contribution < 1.29 is 13.5 Å². The molecule has 20 heavy (non-hydrogen) atoms. The summed E-state index contributed by atoms with van der Waals surface area (Å²) in [5.74, 6) is -1.64. The van der Waals surface area contributed by atoms with Gasteiger partial charge in [0, 0.05) is 24.2 Å². The van der Waals surface area contributed by atoms with Gasteiger partial charge in [0.05, 0.1) is 19.3 Å². The highest BCUT2D eigenvalue weighted by atomic mass is 19.2. The Morgan fingerprint density at radius 2 is 1.80 bits per heavy atom.